The van der Waals surface area contributed by atoms with Crippen LogP contribution in [0.1, 0.15) is 17.5 Å². The number of carbonyl (C=O) groups excluding carboxylic acids is 1. The molecule has 1 aliphatic rings. The van der Waals surface area contributed by atoms with Crippen molar-refractivity contribution in [3.05, 3.63) is 54.4 Å². The van der Waals surface area contributed by atoms with Gasteiger partial charge in [0.2, 0.25) is 0 Å². The first-order valence-electron chi connectivity index (χ1n) is 6.51. The number of nitrogens with zero attached hydrogens (tertiary/aromatic N) is 2. The van der Waals surface area contributed by atoms with Crippen molar-refractivity contribution < 1.29 is 9.72 Å². The number of aromatic amines is 1. The first-order chi connectivity index (χ1) is 10.4. The Labute approximate surface area is 122 Å². The van der Waals surface area contributed by atoms with Crippen molar-refractivity contribution in [1.29, 1.82) is 0 Å². The highest BCUT2D eigenvalue weighted by molar-refractivity contribution is 5.92. The molecule has 0 unspecified atom stereocenters. The maximum absolute atomic E-state index is 11.9. The molecule has 1 heterocycles. The van der Waals surface area contributed by atoms with E-state index in [1.165, 1.54) is 6.07 Å². The Hall–Kier alpha value is -2.97. The molecule has 1 amide bonds. The molecule has 0 spiro atoms. The molecule has 3 rings (SSSR count). The topological polar surface area (TPSA) is 141 Å². The molecule has 0 saturated carbocycles. The van der Waals surface area contributed by atoms with Crippen LogP contribution < -0.4 is 16.9 Å². The summed E-state index contributed by atoms with van der Waals surface area (Å²) in [6, 6.07) is 0.0717. The number of nitro benzene ring substituents is 1. The zero-order chi connectivity index (χ0) is 16.0. The van der Waals surface area contributed by atoms with Crippen molar-refractivity contribution in [2.45, 2.75) is 19.3 Å². The number of hydrogen-bond donors (Lipinski definition) is 2. The molecule has 0 saturated heterocycles. The summed E-state index contributed by atoms with van der Waals surface area (Å²) >= 11 is 0. The highest BCUT2D eigenvalue weighted by Gasteiger charge is 2.27. The summed E-state index contributed by atoms with van der Waals surface area (Å²) in [6.07, 6.45) is 3.33. The summed E-state index contributed by atoms with van der Waals surface area (Å²) in [5, 5.41) is 11.2. The highest BCUT2D eigenvalue weighted by Crippen LogP contribution is 2.34. The van der Waals surface area contributed by atoms with Crippen LogP contribution in [0.15, 0.2) is 15.7 Å². The molecule has 0 bridgehead atoms. The van der Waals surface area contributed by atoms with Crippen LogP contribution in [0, 0.1) is 16.5 Å². The van der Waals surface area contributed by atoms with Gasteiger partial charge in [-0.1, -0.05) is 0 Å². The average molecular weight is 303 g/mol. The van der Waals surface area contributed by atoms with Crippen LogP contribution in [0.5, 0.6) is 0 Å². The van der Waals surface area contributed by atoms with E-state index in [0.717, 1.165) is 0 Å². The fourth-order valence-corrected chi connectivity index (χ4v) is 2.85. The highest BCUT2D eigenvalue weighted by atomic mass is 16.6. The van der Waals surface area contributed by atoms with Crippen LogP contribution in [-0.4, -0.2) is 20.5 Å². The van der Waals surface area contributed by atoms with Crippen LogP contribution in [0.2, 0.25) is 0 Å². The molecule has 2 aromatic rings. The van der Waals surface area contributed by atoms with E-state index >= 15 is 0 Å². The number of rotatable bonds is 1. The van der Waals surface area contributed by atoms with Gasteiger partial charge < -0.3 is 10.7 Å². The van der Waals surface area contributed by atoms with Gasteiger partial charge in [-0.25, -0.2) is 9.36 Å². The SMILES string of the molecule is NC(=O)n1c(=O)c(=O)[nH]c2cc([N+](=O)[O-])c3c(c21)C[CH]CC3. The lowest BCUT2D eigenvalue weighted by Gasteiger charge is -2.19. The second-order valence-corrected chi connectivity index (χ2v) is 4.97. The monoisotopic (exact) mass is 303 g/mol. The van der Waals surface area contributed by atoms with Gasteiger partial charge in [0.25, 0.3) is 5.69 Å². The van der Waals surface area contributed by atoms with Crippen LogP contribution in [-0.2, 0) is 12.8 Å². The Bertz CT molecular complexity index is 940. The molecule has 1 aromatic carbocycles. The van der Waals surface area contributed by atoms with Crippen molar-refractivity contribution in [2.24, 2.45) is 5.73 Å². The quantitative estimate of drug-likeness (QED) is 0.440. The molecule has 0 fully saturated rings. The summed E-state index contributed by atoms with van der Waals surface area (Å²) in [7, 11) is 0. The van der Waals surface area contributed by atoms with Crippen LogP contribution >= 0.6 is 0 Å². The van der Waals surface area contributed by atoms with Gasteiger partial charge in [-0.15, -0.1) is 0 Å². The Balaban J connectivity index is 2.58. The summed E-state index contributed by atoms with van der Waals surface area (Å²) in [5.41, 5.74) is 4.03. The molecule has 3 N–H and O–H groups in total. The number of amides is 1. The van der Waals surface area contributed by atoms with Crippen molar-refractivity contribution in [3.8, 4) is 0 Å². The summed E-state index contributed by atoms with van der Waals surface area (Å²) in [5.74, 6) is 0. The maximum Gasteiger partial charge on any atom is 0.326 e. The van der Waals surface area contributed by atoms with Gasteiger partial charge in [-0.2, -0.15) is 0 Å². The molecule has 113 valence electrons. The Kier molecular flexibility index (Phi) is 3.05. The Morgan fingerprint density at radius 2 is 2.09 bits per heavy atom. The third-order valence-corrected chi connectivity index (χ3v) is 3.73. The summed E-state index contributed by atoms with van der Waals surface area (Å²) in [4.78, 5) is 48.1. The van der Waals surface area contributed by atoms with Crippen LogP contribution in [0.4, 0.5) is 10.5 Å². The fourth-order valence-electron chi connectivity index (χ4n) is 2.85. The number of nitro groups is 1. The lowest BCUT2D eigenvalue weighted by molar-refractivity contribution is -0.385. The van der Waals surface area contributed by atoms with E-state index < -0.39 is 22.1 Å². The minimum atomic E-state index is -1.10. The second kappa shape index (κ2) is 4.79. The van der Waals surface area contributed by atoms with Crippen LogP contribution in [0.3, 0.4) is 0 Å². The Morgan fingerprint density at radius 1 is 1.36 bits per heavy atom. The third kappa shape index (κ3) is 1.90. The van der Waals surface area contributed by atoms with Gasteiger partial charge in [0.15, 0.2) is 0 Å². The van der Waals surface area contributed by atoms with Crippen molar-refractivity contribution >= 4 is 22.8 Å². The lowest BCUT2D eigenvalue weighted by atomic mass is 9.89. The first kappa shape index (κ1) is 14.0. The predicted molar refractivity (Wildman–Crippen MR) is 76.8 cm³/mol. The molecule has 22 heavy (non-hydrogen) atoms. The number of benzene rings is 1. The van der Waals surface area contributed by atoms with E-state index in [0.29, 0.717) is 35.0 Å². The standard InChI is InChI=1S/C13H11N4O5/c14-13(20)16-10-7-4-2-1-3-6(7)9(17(21)22)5-8(10)15-11(18)12(16)19/h2,5H,1,3-4H2,(H2,14,20)(H,15,18). The summed E-state index contributed by atoms with van der Waals surface area (Å²) in [6.45, 7) is 0. The number of primary amides is 1. The molecule has 9 heteroatoms. The molecule has 1 aromatic heterocycles. The van der Waals surface area contributed by atoms with Gasteiger partial charge >= 0.3 is 17.1 Å². The van der Waals surface area contributed by atoms with Gasteiger partial charge in [-0.3, -0.25) is 19.7 Å². The van der Waals surface area contributed by atoms with Crippen LogP contribution in [0.25, 0.3) is 11.0 Å². The first-order valence-corrected chi connectivity index (χ1v) is 6.51. The van der Waals surface area contributed by atoms with E-state index in [-0.39, 0.29) is 16.7 Å². The van der Waals surface area contributed by atoms with E-state index in [4.69, 9.17) is 5.73 Å². The van der Waals surface area contributed by atoms with Gasteiger partial charge in [0, 0.05) is 11.6 Å². The van der Waals surface area contributed by atoms with Crippen molar-refractivity contribution in [3.63, 3.8) is 0 Å². The van der Waals surface area contributed by atoms with Gasteiger partial charge in [0.05, 0.1) is 16.0 Å². The molecule has 9 nitrogen and oxygen atoms in total. The summed E-state index contributed by atoms with van der Waals surface area (Å²) < 4.78 is 0.579. The van der Waals surface area contributed by atoms with E-state index in [1.807, 2.05) is 6.42 Å². The number of nitrogens with two attached hydrogens (primary N) is 1. The minimum Gasteiger partial charge on any atom is -0.351 e. The molecule has 1 radical (unpaired) electrons. The second-order valence-electron chi connectivity index (χ2n) is 4.97. The van der Waals surface area contributed by atoms with E-state index in [9.17, 15) is 24.5 Å². The zero-order valence-corrected chi connectivity index (χ0v) is 11.3. The van der Waals surface area contributed by atoms with Gasteiger partial charge in [0.1, 0.15) is 0 Å². The fraction of sp³-hybridized carbons (Fsp3) is 0.231. The van der Waals surface area contributed by atoms with E-state index in [2.05, 4.69) is 4.98 Å². The van der Waals surface area contributed by atoms with Crippen molar-refractivity contribution in [2.75, 3.05) is 0 Å². The van der Waals surface area contributed by atoms with Gasteiger partial charge in [-0.05, 0) is 31.2 Å². The van der Waals surface area contributed by atoms with Crippen molar-refractivity contribution in [1.82, 2.24) is 9.55 Å². The third-order valence-electron chi connectivity index (χ3n) is 3.73. The molecular weight excluding hydrogens is 292 g/mol. The minimum absolute atomic E-state index is 0.0455. The molecular formula is C13H11N4O5. The number of carbonyl (C=O) groups is 1. The smallest absolute Gasteiger partial charge is 0.326 e. The number of hydrogen-bond acceptors (Lipinski definition) is 5. The molecule has 0 aliphatic heterocycles. The number of nitrogens with one attached hydrogen (secondary N) is 1. The average Bonchev–Trinajstić information content (AvgIpc) is 2.47. The zero-order valence-electron chi connectivity index (χ0n) is 11.3. The normalized spacial score (nSPS) is 13.8. The number of fused-ring (bicyclic) bond motifs is 3. The van der Waals surface area contributed by atoms with E-state index in [1.54, 1.807) is 0 Å². The number of H-pyrrole nitrogens is 1. The Morgan fingerprint density at radius 3 is 2.73 bits per heavy atom. The number of aromatic nitrogens is 2. The lowest BCUT2D eigenvalue weighted by Crippen LogP contribution is -2.42. The molecule has 0 atom stereocenters. The molecule has 1 aliphatic carbocycles. The predicted octanol–water partition coefficient (Wildman–Crippen LogP) is 0.218. The largest absolute Gasteiger partial charge is 0.351 e. The maximum atomic E-state index is 11.9.